The van der Waals surface area contributed by atoms with Crippen LogP contribution in [0.3, 0.4) is 0 Å². The van der Waals surface area contributed by atoms with Gasteiger partial charge >= 0.3 is 6.18 Å². The number of carbonyl (C=O) groups excluding carboxylic acids is 1. The highest BCUT2D eigenvalue weighted by Crippen LogP contribution is 2.35. The number of carbonyl (C=O) groups is 1. The number of hydrogen-bond donors (Lipinski definition) is 2. The third kappa shape index (κ3) is 6.36. The third-order valence-electron chi connectivity index (χ3n) is 4.79. The van der Waals surface area contributed by atoms with Gasteiger partial charge in [-0.2, -0.15) is 17.5 Å². The smallest absolute Gasteiger partial charge is 0.416 e. The molecule has 0 aliphatic carbocycles. The van der Waals surface area contributed by atoms with Crippen molar-refractivity contribution < 1.29 is 35.9 Å². The summed E-state index contributed by atoms with van der Waals surface area (Å²) in [6.45, 7) is 2.81. The van der Waals surface area contributed by atoms with E-state index in [9.17, 15) is 26.4 Å². The molecule has 1 saturated heterocycles. The van der Waals surface area contributed by atoms with Crippen LogP contribution in [0.15, 0.2) is 47.4 Å². The maximum atomic E-state index is 13.0. The van der Waals surface area contributed by atoms with Gasteiger partial charge in [0.2, 0.25) is 15.9 Å². The number of nitrogens with zero attached hydrogens (tertiary/aromatic N) is 1. The van der Waals surface area contributed by atoms with Crippen LogP contribution in [0.4, 0.5) is 24.5 Å². The Morgan fingerprint density at radius 3 is 2.39 bits per heavy atom. The Hall–Kier alpha value is -2.83. The lowest BCUT2D eigenvalue weighted by atomic mass is 10.1. The number of rotatable bonds is 8. The Morgan fingerprint density at radius 1 is 1.12 bits per heavy atom. The topological polar surface area (TPSA) is 97.0 Å². The molecule has 3 rings (SSSR count). The second kappa shape index (κ2) is 10.4. The van der Waals surface area contributed by atoms with Crippen molar-refractivity contribution in [1.29, 1.82) is 0 Å². The summed E-state index contributed by atoms with van der Waals surface area (Å²) < 4.78 is 76.1. The van der Waals surface area contributed by atoms with Crippen LogP contribution in [-0.4, -0.2) is 58.1 Å². The summed E-state index contributed by atoms with van der Waals surface area (Å²) in [4.78, 5) is 12.4. The normalized spacial score (nSPS) is 15.2. The molecule has 8 nitrogen and oxygen atoms in total. The van der Waals surface area contributed by atoms with Gasteiger partial charge in [0.25, 0.3) is 0 Å². The zero-order valence-electron chi connectivity index (χ0n) is 17.8. The molecule has 180 valence electrons. The Labute approximate surface area is 189 Å². The Morgan fingerprint density at radius 2 is 1.79 bits per heavy atom. The van der Waals surface area contributed by atoms with E-state index in [1.807, 2.05) is 0 Å². The lowest BCUT2D eigenvalue weighted by Crippen LogP contribution is -2.40. The highest BCUT2D eigenvalue weighted by molar-refractivity contribution is 7.89. The molecule has 1 fully saturated rings. The first-order valence-corrected chi connectivity index (χ1v) is 11.6. The Balaban J connectivity index is 1.63. The van der Waals surface area contributed by atoms with Crippen LogP contribution in [0.25, 0.3) is 0 Å². The maximum absolute atomic E-state index is 13.0. The number of hydrogen-bond acceptors (Lipinski definition) is 6. The minimum atomic E-state index is -4.53. The molecule has 0 aromatic heterocycles. The predicted molar refractivity (Wildman–Crippen MR) is 116 cm³/mol. The van der Waals surface area contributed by atoms with E-state index in [0.717, 1.165) is 12.1 Å². The van der Waals surface area contributed by atoms with Gasteiger partial charge in [0.1, 0.15) is 5.75 Å². The van der Waals surface area contributed by atoms with Crippen molar-refractivity contribution in [3.8, 4) is 5.75 Å². The largest absolute Gasteiger partial charge is 0.492 e. The number of nitrogens with one attached hydrogen (secondary N) is 2. The second-order valence-corrected chi connectivity index (χ2v) is 9.02. The zero-order valence-corrected chi connectivity index (χ0v) is 18.6. The Bertz CT molecular complexity index is 1070. The number of benzene rings is 2. The molecule has 12 heteroatoms. The van der Waals surface area contributed by atoms with E-state index in [2.05, 4.69) is 10.6 Å². The summed E-state index contributed by atoms with van der Waals surface area (Å²) >= 11 is 0. The number of alkyl halides is 3. The van der Waals surface area contributed by atoms with E-state index in [-0.39, 0.29) is 42.6 Å². The fourth-order valence-corrected chi connectivity index (χ4v) is 4.56. The van der Waals surface area contributed by atoms with E-state index < -0.39 is 27.7 Å². The molecule has 33 heavy (non-hydrogen) atoms. The molecular weight excluding hydrogens is 463 g/mol. The van der Waals surface area contributed by atoms with Crippen LogP contribution < -0.4 is 15.4 Å². The van der Waals surface area contributed by atoms with Gasteiger partial charge in [-0.3, -0.25) is 4.79 Å². The molecular formula is C21H24F3N3O5S. The minimum absolute atomic E-state index is 0.0359. The minimum Gasteiger partial charge on any atom is -0.492 e. The summed E-state index contributed by atoms with van der Waals surface area (Å²) in [5, 5.41) is 5.23. The van der Waals surface area contributed by atoms with E-state index >= 15 is 0 Å². The van der Waals surface area contributed by atoms with Crippen LogP contribution in [0.1, 0.15) is 12.5 Å². The van der Waals surface area contributed by atoms with Crippen molar-refractivity contribution in [3.05, 3.63) is 48.0 Å². The van der Waals surface area contributed by atoms with Crippen molar-refractivity contribution in [2.75, 3.05) is 50.1 Å². The molecule has 1 aliphatic heterocycles. The summed E-state index contributed by atoms with van der Waals surface area (Å²) in [5.41, 5.74) is -0.489. The SMILES string of the molecule is CCOc1ccc(C(F)(F)F)cc1NCC(=O)Nc1ccc(S(=O)(=O)N2CCOCC2)cc1. The van der Waals surface area contributed by atoms with Gasteiger partial charge in [0.15, 0.2) is 0 Å². The predicted octanol–water partition coefficient (Wildman–Crippen LogP) is 3.18. The first-order valence-electron chi connectivity index (χ1n) is 10.2. The van der Waals surface area contributed by atoms with E-state index in [1.54, 1.807) is 6.92 Å². The number of halogens is 3. The zero-order chi connectivity index (χ0) is 24.1. The monoisotopic (exact) mass is 487 g/mol. The van der Waals surface area contributed by atoms with Crippen LogP contribution in [0.5, 0.6) is 5.75 Å². The van der Waals surface area contributed by atoms with Crippen molar-refractivity contribution in [2.45, 2.75) is 18.0 Å². The highest BCUT2D eigenvalue weighted by atomic mass is 32.2. The molecule has 2 aromatic carbocycles. The molecule has 0 atom stereocenters. The molecule has 0 spiro atoms. The average molecular weight is 488 g/mol. The highest BCUT2D eigenvalue weighted by Gasteiger charge is 2.31. The summed E-state index contributed by atoms with van der Waals surface area (Å²) in [5.74, 6) is -0.338. The molecule has 0 saturated carbocycles. The first kappa shape index (κ1) is 24.8. The molecule has 1 amide bonds. The number of amides is 1. The van der Waals surface area contributed by atoms with Crippen LogP contribution in [-0.2, 0) is 25.7 Å². The molecule has 0 bridgehead atoms. The lowest BCUT2D eigenvalue weighted by molar-refractivity contribution is -0.137. The number of ether oxygens (including phenoxy) is 2. The van der Waals surface area contributed by atoms with Gasteiger partial charge in [-0.15, -0.1) is 0 Å². The third-order valence-corrected chi connectivity index (χ3v) is 6.70. The van der Waals surface area contributed by atoms with Gasteiger partial charge in [-0.25, -0.2) is 8.42 Å². The first-order chi connectivity index (χ1) is 15.6. The van der Waals surface area contributed by atoms with Gasteiger partial charge in [-0.1, -0.05) is 0 Å². The van der Waals surface area contributed by atoms with Crippen LogP contribution in [0, 0.1) is 0 Å². The van der Waals surface area contributed by atoms with Crippen molar-refractivity contribution in [3.63, 3.8) is 0 Å². The van der Waals surface area contributed by atoms with Crippen molar-refractivity contribution in [1.82, 2.24) is 4.31 Å². The standard InChI is InChI=1S/C21H24F3N3O5S/c1-2-32-19-8-3-15(21(22,23)24)13-18(19)25-14-20(28)26-16-4-6-17(7-5-16)33(29,30)27-9-11-31-12-10-27/h3-8,13,25H,2,9-12,14H2,1H3,(H,26,28). The van der Waals surface area contributed by atoms with Crippen LogP contribution in [0.2, 0.25) is 0 Å². The summed E-state index contributed by atoms with van der Waals surface area (Å²) in [7, 11) is -3.66. The van der Waals surface area contributed by atoms with Gasteiger partial charge < -0.3 is 20.1 Å². The van der Waals surface area contributed by atoms with Gasteiger partial charge in [-0.05, 0) is 49.4 Å². The van der Waals surface area contributed by atoms with Crippen molar-refractivity contribution in [2.24, 2.45) is 0 Å². The number of anilines is 2. The van der Waals surface area contributed by atoms with E-state index in [1.165, 1.54) is 34.6 Å². The summed E-state index contributed by atoms with van der Waals surface area (Å²) in [6.07, 6.45) is -4.53. The molecule has 0 radical (unpaired) electrons. The van der Waals surface area contributed by atoms with Crippen LogP contribution >= 0.6 is 0 Å². The Kier molecular flexibility index (Phi) is 7.82. The van der Waals surface area contributed by atoms with Gasteiger partial charge in [0.05, 0.1) is 42.5 Å². The quantitative estimate of drug-likeness (QED) is 0.594. The fourth-order valence-electron chi connectivity index (χ4n) is 3.15. The maximum Gasteiger partial charge on any atom is 0.416 e. The van der Waals surface area contributed by atoms with E-state index in [0.29, 0.717) is 18.9 Å². The molecule has 2 N–H and O–H groups in total. The fraction of sp³-hybridized carbons (Fsp3) is 0.381. The number of morpholine rings is 1. The van der Waals surface area contributed by atoms with Crippen molar-refractivity contribution >= 4 is 27.3 Å². The lowest BCUT2D eigenvalue weighted by Gasteiger charge is -2.26. The molecule has 0 unspecified atom stereocenters. The number of sulfonamides is 1. The summed E-state index contributed by atoms with van der Waals surface area (Å²) in [6, 6.07) is 8.64. The second-order valence-electron chi connectivity index (χ2n) is 7.08. The van der Waals surface area contributed by atoms with E-state index in [4.69, 9.17) is 9.47 Å². The molecule has 1 heterocycles. The molecule has 1 aliphatic rings. The van der Waals surface area contributed by atoms with Gasteiger partial charge in [0, 0.05) is 18.8 Å². The average Bonchev–Trinajstić information content (AvgIpc) is 2.79. The molecule has 2 aromatic rings.